The van der Waals surface area contributed by atoms with Gasteiger partial charge in [0.15, 0.2) is 0 Å². The van der Waals surface area contributed by atoms with E-state index >= 15 is 0 Å². The van der Waals surface area contributed by atoms with Crippen molar-refractivity contribution in [1.29, 1.82) is 0 Å². The summed E-state index contributed by atoms with van der Waals surface area (Å²) < 4.78 is 5.38. The van der Waals surface area contributed by atoms with Gasteiger partial charge in [-0.25, -0.2) is 9.78 Å². The Bertz CT molecular complexity index is 627. The van der Waals surface area contributed by atoms with Crippen molar-refractivity contribution in [2.75, 3.05) is 6.61 Å². The van der Waals surface area contributed by atoms with E-state index in [2.05, 4.69) is 9.97 Å². The van der Waals surface area contributed by atoms with Gasteiger partial charge in [0.25, 0.3) is 0 Å². The highest BCUT2D eigenvalue weighted by atomic mass is 16.5. The largest absolute Gasteiger partial charge is 0.494 e. The van der Waals surface area contributed by atoms with Crippen LogP contribution in [0.3, 0.4) is 0 Å². The first kappa shape index (κ1) is 13.9. The van der Waals surface area contributed by atoms with E-state index in [1.807, 2.05) is 38.1 Å². The zero-order chi connectivity index (χ0) is 14.5. The number of nitrogens with one attached hydrogen (secondary N) is 1. The van der Waals surface area contributed by atoms with Gasteiger partial charge in [0.2, 0.25) is 0 Å². The Labute approximate surface area is 116 Å². The third-order valence-corrected chi connectivity index (χ3v) is 2.74. The summed E-state index contributed by atoms with van der Waals surface area (Å²) in [7, 11) is 0. The fourth-order valence-corrected chi connectivity index (χ4v) is 1.80. The molecule has 0 aliphatic rings. The summed E-state index contributed by atoms with van der Waals surface area (Å²) in [6.45, 7) is 4.42. The van der Waals surface area contributed by atoms with Crippen LogP contribution in [0, 0.1) is 6.92 Å². The minimum Gasteiger partial charge on any atom is -0.494 e. The number of carboxylic acids is 1. The van der Waals surface area contributed by atoms with Crippen molar-refractivity contribution in [3.8, 4) is 17.1 Å². The molecular formula is C15H16N2O3. The van der Waals surface area contributed by atoms with E-state index in [9.17, 15) is 4.79 Å². The van der Waals surface area contributed by atoms with Crippen LogP contribution in [-0.4, -0.2) is 27.7 Å². The fourth-order valence-electron chi connectivity index (χ4n) is 1.80. The third kappa shape index (κ3) is 3.26. The lowest BCUT2D eigenvalue weighted by atomic mass is 10.2. The maximum Gasteiger partial charge on any atom is 0.328 e. The minimum atomic E-state index is -0.991. The summed E-state index contributed by atoms with van der Waals surface area (Å²) in [6, 6.07) is 7.58. The molecule has 0 aliphatic carbocycles. The topological polar surface area (TPSA) is 75.2 Å². The Morgan fingerprint density at radius 2 is 2.10 bits per heavy atom. The highest BCUT2D eigenvalue weighted by Gasteiger charge is 2.07. The van der Waals surface area contributed by atoms with Crippen LogP contribution in [0.15, 0.2) is 30.3 Å². The van der Waals surface area contributed by atoms with Crippen molar-refractivity contribution < 1.29 is 14.6 Å². The Kier molecular flexibility index (Phi) is 4.20. The van der Waals surface area contributed by atoms with Gasteiger partial charge in [0.1, 0.15) is 11.6 Å². The molecular weight excluding hydrogens is 256 g/mol. The summed E-state index contributed by atoms with van der Waals surface area (Å²) in [5.74, 6) is 0.524. The summed E-state index contributed by atoms with van der Waals surface area (Å²) in [5, 5.41) is 8.63. The first-order valence-corrected chi connectivity index (χ1v) is 6.31. The Balaban J connectivity index is 2.25. The molecule has 5 nitrogen and oxygen atoms in total. The van der Waals surface area contributed by atoms with Gasteiger partial charge in [-0.1, -0.05) is 0 Å². The van der Waals surface area contributed by atoms with Crippen LogP contribution in [0.1, 0.15) is 18.3 Å². The third-order valence-electron chi connectivity index (χ3n) is 2.74. The van der Waals surface area contributed by atoms with Crippen molar-refractivity contribution in [3.05, 3.63) is 41.7 Å². The molecule has 0 aliphatic heterocycles. The number of aliphatic carboxylic acids is 1. The number of hydrogen-bond acceptors (Lipinski definition) is 3. The number of benzene rings is 1. The van der Waals surface area contributed by atoms with Crippen LogP contribution in [0.5, 0.6) is 5.75 Å². The molecule has 20 heavy (non-hydrogen) atoms. The number of aromatic amines is 1. The quantitative estimate of drug-likeness (QED) is 0.821. The number of imidazole rings is 1. The van der Waals surface area contributed by atoms with E-state index in [4.69, 9.17) is 9.84 Å². The SMILES string of the molecule is CCOc1ccc(-c2nc(/C=C/C(=O)O)c(C)[nH]2)cc1. The van der Waals surface area contributed by atoms with Gasteiger partial charge in [-0.05, 0) is 44.2 Å². The minimum absolute atomic E-state index is 0.622. The lowest BCUT2D eigenvalue weighted by Gasteiger charge is -2.03. The van der Waals surface area contributed by atoms with Crippen LogP contribution in [0.4, 0.5) is 0 Å². The van der Waals surface area contributed by atoms with E-state index in [1.54, 1.807) is 0 Å². The van der Waals surface area contributed by atoms with Crippen LogP contribution < -0.4 is 4.74 Å². The zero-order valence-corrected chi connectivity index (χ0v) is 11.4. The summed E-state index contributed by atoms with van der Waals surface area (Å²) >= 11 is 0. The van der Waals surface area contributed by atoms with Gasteiger partial charge in [0.05, 0.1) is 12.3 Å². The van der Waals surface area contributed by atoms with Gasteiger partial charge in [0, 0.05) is 17.3 Å². The van der Waals surface area contributed by atoms with Crippen LogP contribution in [0.2, 0.25) is 0 Å². The lowest BCUT2D eigenvalue weighted by Crippen LogP contribution is -1.90. The predicted octanol–water partition coefficient (Wildman–Crippen LogP) is 2.88. The van der Waals surface area contributed by atoms with E-state index in [0.29, 0.717) is 18.1 Å². The van der Waals surface area contributed by atoms with Gasteiger partial charge in [-0.2, -0.15) is 0 Å². The monoisotopic (exact) mass is 272 g/mol. The molecule has 0 saturated heterocycles. The second kappa shape index (κ2) is 6.06. The molecule has 0 amide bonds. The molecule has 0 saturated carbocycles. The standard InChI is InChI=1S/C15H16N2O3/c1-3-20-12-6-4-11(5-7-12)15-16-10(2)13(17-15)8-9-14(18)19/h4-9H,3H2,1-2H3,(H,16,17)(H,18,19)/b9-8+. The summed E-state index contributed by atoms with van der Waals surface area (Å²) in [5.41, 5.74) is 2.37. The number of nitrogens with zero attached hydrogens (tertiary/aromatic N) is 1. The molecule has 0 spiro atoms. The number of carbonyl (C=O) groups is 1. The van der Waals surface area contributed by atoms with E-state index in [0.717, 1.165) is 23.1 Å². The number of aromatic nitrogens is 2. The molecule has 104 valence electrons. The molecule has 5 heteroatoms. The van der Waals surface area contributed by atoms with Crippen molar-refractivity contribution in [2.45, 2.75) is 13.8 Å². The van der Waals surface area contributed by atoms with Gasteiger partial charge >= 0.3 is 5.97 Å². The Morgan fingerprint density at radius 3 is 2.70 bits per heavy atom. The Hall–Kier alpha value is -2.56. The maximum absolute atomic E-state index is 10.5. The van der Waals surface area contributed by atoms with Crippen LogP contribution >= 0.6 is 0 Å². The fraction of sp³-hybridized carbons (Fsp3) is 0.200. The van der Waals surface area contributed by atoms with Crippen LogP contribution in [-0.2, 0) is 4.79 Å². The van der Waals surface area contributed by atoms with Crippen molar-refractivity contribution >= 4 is 12.0 Å². The highest BCUT2D eigenvalue weighted by molar-refractivity contribution is 5.85. The number of rotatable bonds is 5. The molecule has 2 N–H and O–H groups in total. The molecule has 2 aromatic rings. The molecule has 1 aromatic heterocycles. The highest BCUT2D eigenvalue weighted by Crippen LogP contribution is 2.21. The van der Waals surface area contributed by atoms with Crippen molar-refractivity contribution in [3.63, 3.8) is 0 Å². The zero-order valence-electron chi connectivity index (χ0n) is 11.4. The molecule has 1 aromatic carbocycles. The smallest absolute Gasteiger partial charge is 0.328 e. The number of H-pyrrole nitrogens is 1. The molecule has 2 rings (SSSR count). The van der Waals surface area contributed by atoms with Crippen molar-refractivity contribution in [1.82, 2.24) is 9.97 Å². The molecule has 0 bridgehead atoms. The normalized spacial score (nSPS) is 10.9. The number of carboxylic acid groups (broad SMARTS) is 1. The first-order chi connectivity index (χ1) is 9.60. The van der Waals surface area contributed by atoms with Gasteiger partial charge < -0.3 is 14.8 Å². The number of aryl methyl sites for hydroxylation is 1. The van der Waals surface area contributed by atoms with Gasteiger partial charge in [-0.3, -0.25) is 0 Å². The molecule has 1 heterocycles. The van der Waals surface area contributed by atoms with Crippen molar-refractivity contribution in [2.24, 2.45) is 0 Å². The lowest BCUT2D eigenvalue weighted by molar-refractivity contribution is -0.131. The second-order valence-electron chi connectivity index (χ2n) is 4.22. The van der Waals surface area contributed by atoms with E-state index in [-0.39, 0.29) is 0 Å². The molecule has 0 unspecified atom stereocenters. The average Bonchev–Trinajstić information content (AvgIpc) is 2.79. The van der Waals surface area contributed by atoms with Crippen LogP contribution in [0.25, 0.3) is 17.5 Å². The maximum atomic E-state index is 10.5. The summed E-state index contributed by atoms with van der Waals surface area (Å²) in [4.78, 5) is 18.0. The van der Waals surface area contributed by atoms with Gasteiger partial charge in [-0.15, -0.1) is 0 Å². The number of ether oxygens (including phenoxy) is 1. The van der Waals surface area contributed by atoms with E-state index < -0.39 is 5.97 Å². The number of hydrogen-bond donors (Lipinski definition) is 2. The summed E-state index contributed by atoms with van der Waals surface area (Å²) in [6.07, 6.45) is 2.55. The molecule has 0 fully saturated rings. The molecule has 0 atom stereocenters. The first-order valence-electron chi connectivity index (χ1n) is 6.31. The average molecular weight is 272 g/mol. The second-order valence-corrected chi connectivity index (χ2v) is 4.22. The predicted molar refractivity (Wildman–Crippen MR) is 76.6 cm³/mol. The Morgan fingerprint density at radius 1 is 1.40 bits per heavy atom. The molecule has 0 radical (unpaired) electrons. The van der Waals surface area contributed by atoms with E-state index in [1.165, 1.54) is 6.08 Å².